The Labute approximate surface area is 180 Å². The van der Waals surface area contributed by atoms with Crippen LogP contribution >= 0.6 is 0 Å². The first-order valence-electron chi connectivity index (χ1n) is 11.1. The molecule has 162 valence electrons. The van der Waals surface area contributed by atoms with Crippen molar-refractivity contribution in [1.82, 2.24) is 10.2 Å². The van der Waals surface area contributed by atoms with Gasteiger partial charge in [0.25, 0.3) is 0 Å². The van der Waals surface area contributed by atoms with Gasteiger partial charge in [0.15, 0.2) is 11.5 Å². The molecular formula is C25H34N2O3. The molecule has 1 aliphatic rings. The van der Waals surface area contributed by atoms with Crippen molar-refractivity contribution in [2.24, 2.45) is 5.92 Å². The van der Waals surface area contributed by atoms with E-state index in [9.17, 15) is 4.79 Å². The van der Waals surface area contributed by atoms with E-state index in [-0.39, 0.29) is 17.9 Å². The Morgan fingerprint density at radius 3 is 2.37 bits per heavy atom. The maximum absolute atomic E-state index is 12.8. The quantitative estimate of drug-likeness (QED) is 0.658. The summed E-state index contributed by atoms with van der Waals surface area (Å²) in [6, 6.07) is 16.3. The van der Waals surface area contributed by atoms with Gasteiger partial charge in [0.2, 0.25) is 5.91 Å². The molecule has 2 aromatic rings. The number of carbonyl (C=O) groups is 1. The molecule has 1 aliphatic heterocycles. The minimum absolute atomic E-state index is 0.0743. The van der Waals surface area contributed by atoms with E-state index in [0.29, 0.717) is 13.2 Å². The topological polar surface area (TPSA) is 50.8 Å². The number of carbonyl (C=O) groups excluding carboxylic acids is 1. The molecule has 2 aromatic carbocycles. The Balaban J connectivity index is 1.52. The number of amides is 1. The van der Waals surface area contributed by atoms with Crippen molar-refractivity contribution in [2.75, 3.05) is 26.3 Å². The Morgan fingerprint density at radius 2 is 1.70 bits per heavy atom. The van der Waals surface area contributed by atoms with Crippen molar-refractivity contribution in [3.63, 3.8) is 0 Å². The summed E-state index contributed by atoms with van der Waals surface area (Å²) in [4.78, 5) is 15.3. The lowest BCUT2D eigenvalue weighted by Crippen LogP contribution is -2.40. The number of nitrogens with zero attached hydrogens (tertiary/aromatic N) is 1. The van der Waals surface area contributed by atoms with Gasteiger partial charge in [0.05, 0.1) is 19.3 Å². The molecule has 5 heteroatoms. The Hall–Kier alpha value is -2.53. The Bertz CT molecular complexity index is 801. The van der Waals surface area contributed by atoms with Crippen LogP contribution in [0.1, 0.15) is 50.8 Å². The molecule has 0 spiro atoms. The normalized spacial score (nSPS) is 16.1. The fourth-order valence-electron chi connectivity index (χ4n) is 3.95. The highest BCUT2D eigenvalue weighted by Crippen LogP contribution is 2.31. The van der Waals surface area contributed by atoms with Crippen LogP contribution in [0.15, 0.2) is 48.5 Å². The second-order valence-corrected chi connectivity index (χ2v) is 7.84. The van der Waals surface area contributed by atoms with Crippen LogP contribution in [0.5, 0.6) is 11.5 Å². The van der Waals surface area contributed by atoms with E-state index in [1.165, 1.54) is 5.56 Å². The summed E-state index contributed by atoms with van der Waals surface area (Å²) in [6.45, 7) is 9.97. The maximum Gasteiger partial charge on any atom is 0.223 e. The van der Waals surface area contributed by atoms with Gasteiger partial charge in [-0.25, -0.2) is 0 Å². The largest absolute Gasteiger partial charge is 0.490 e. The van der Waals surface area contributed by atoms with E-state index in [4.69, 9.17) is 9.47 Å². The fraction of sp³-hybridized carbons (Fsp3) is 0.480. The van der Waals surface area contributed by atoms with E-state index >= 15 is 0 Å². The third-order valence-corrected chi connectivity index (χ3v) is 5.63. The third-order valence-electron chi connectivity index (χ3n) is 5.63. The van der Waals surface area contributed by atoms with Gasteiger partial charge in [-0.3, -0.25) is 9.69 Å². The smallest absolute Gasteiger partial charge is 0.223 e. The van der Waals surface area contributed by atoms with Gasteiger partial charge in [-0.1, -0.05) is 36.4 Å². The average molecular weight is 411 g/mol. The van der Waals surface area contributed by atoms with Crippen molar-refractivity contribution >= 4 is 5.91 Å². The summed E-state index contributed by atoms with van der Waals surface area (Å²) in [6.07, 6.45) is 1.80. The molecule has 1 saturated heterocycles. The predicted molar refractivity (Wildman–Crippen MR) is 120 cm³/mol. The maximum atomic E-state index is 12.8. The first kappa shape index (κ1) is 22.2. The zero-order valence-corrected chi connectivity index (χ0v) is 18.4. The van der Waals surface area contributed by atoms with E-state index in [2.05, 4.69) is 34.5 Å². The molecule has 1 heterocycles. The third kappa shape index (κ3) is 5.99. The van der Waals surface area contributed by atoms with E-state index in [1.54, 1.807) is 0 Å². The van der Waals surface area contributed by atoms with Gasteiger partial charge in [0.1, 0.15) is 0 Å². The lowest BCUT2D eigenvalue weighted by molar-refractivity contribution is -0.127. The second kappa shape index (κ2) is 11.0. The SMILES string of the molecule is CCOc1ccc([C@@H](C)NC(=O)C2CCN(Cc3ccccc3)CC2)cc1OCC. The summed E-state index contributed by atoms with van der Waals surface area (Å²) in [5.74, 6) is 1.70. The van der Waals surface area contributed by atoms with Gasteiger partial charge in [-0.15, -0.1) is 0 Å². The lowest BCUT2D eigenvalue weighted by atomic mass is 9.94. The molecule has 30 heavy (non-hydrogen) atoms. The Morgan fingerprint density at radius 1 is 1.03 bits per heavy atom. The predicted octanol–water partition coefficient (Wildman–Crippen LogP) is 4.57. The number of hydrogen-bond donors (Lipinski definition) is 1. The number of rotatable bonds is 9. The molecule has 0 unspecified atom stereocenters. The number of benzene rings is 2. The van der Waals surface area contributed by atoms with Gasteiger partial charge in [-0.2, -0.15) is 0 Å². The van der Waals surface area contributed by atoms with Crippen LogP contribution < -0.4 is 14.8 Å². The van der Waals surface area contributed by atoms with Crippen LogP contribution in [0.2, 0.25) is 0 Å². The van der Waals surface area contributed by atoms with Gasteiger partial charge >= 0.3 is 0 Å². The van der Waals surface area contributed by atoms with Gasteiger partial charge < -0.3 is 14.8 Å². The number of hydrogen-bond acceptors (Lipinski definition) is 4. The number of ether oxygens (including phenoxy) is 2. The zero-order chi connectivity index (χ0) is 21.3. The molecule has 0 aromatic heterocycles. The van der Waals surface area contributed by atoms with Crippen LogP contribution in [0.3, 0.4) is 0 Å². The summed E-state index contributed by atoms with van der Waals surface area (Å²) < 4.78 is 11.4. The van der Waals surface area contributed by atoms with Crippen LogP contribution in [-0.4, -0.2) is 37.1 Å². The van der Waals surface area contributed by atoms with E-state index in [1.807, 2.05) is 45.0 Å². The summed E-state index contributed by atoms with van der Waals surface area (Å²) >= 11 is 0. The van der Waals surface area contributed by atoms with Crippen molar-refractivity contribution < 1.29 is 14.3 Å². The average Bonchev–Trinajstić information content (AvgIpc) is 2.76. The van der Waals surface area contributed by atoms with Crippen LogP contribution in [0.4, 0.5) is 0 Å². The van der Waals surface area contributed by atoms with Gasteiger partial charge in [-0.05, 0) is 70.0 Å². The molecule has 1 amide bonds. The molecular weight excluding hydrogens is 376 g/mol. The van der Waals surface area contributed by atoms with Crippen molar-refractivity contribution in [3.05, 3.63) is 59.7 Å². The molecule has 1 fully saturated rings. The number of likely N-dealkylation sites (tertiary alicyclic amines) is 1. The molecule has 1 atom stereocenters. The summed E-state index contributed by atoms with van der Waals surface area (Å²) in [7, 11) is 0. The molecule has 5 nitrogen and oxygen atoms in total. The fourth-order valence-corrected chi connectivity index (χ4v) is 3.95. The van der Waals surface area contributed by atoms with E-state index < -0.39 is 0 Å². The lowest BCUT2D eigenvalue weighted by Gasteiger charge is -2.32. The molecule has 0 bridgehead atoms. The molecule has 3 rings (SSSR count). The summed E-state index contributed by atoms with van der Waals surface area (Å²) in [5.41, 5.74) is 2.35. The van der Waals surface area contributed by atoms with Crippen LogP contribution in [0, 0.1) is 5.92 Å². The van der Waals surface area contributed by atoms with Crippen molar-refractivity contribution in [2.45, 2.75) is 46.2 Å². The minimum atomic E-state index is -0.0743. The Kier molecular flexibility index (Phi) is 8.14. The monoisotopic (exact) mass is 410 g/mol. The standard InChI is InChI=1S/C25H34N2O3/c1-4-29-23-12-11-22(17-24(23)30-5-2)19(3)26-25(28)21-13-15-27(16-14-21)18-20-9-7-6-8-10-20/h6-12,17,19,21H,4-5,13-16,18H2,1-3H3,(H,26,28)/t19-/m1/s1. The second-order valence-electron chi connectivity index (χ2n) is 7.84. The minimum Gasteiger partial charge on any atom is -0.490 e. The van der Waals surface area contributed by atoms with Gasteiger partial charge in [0, 0.05) is 12.5 Å². The van der Waals surface area contributed by atoms with Crippen LogP contribution in [0.25, 0.3) is 0 Å². The van der Waals surface area contributed by atoms with Crippen LogP contribution in [-0.2, 0) is 11.3 Å². The number of nitrogens with one attached hydrogen (secondary N) is 1. The van der Waals surface area contributed by atoms with Crippen molar-refractivity contribution in [3.8, 4) is 11.5 Å². The molecule has 0 radical (unpaired) electrons. The number of piperidine rings is 1. The highest BCUT2D eigenvalue weighted by atomic mass is 16.5. The molecule has 1 N–H and O–H groups in total. The zero-order valence-electron chi connectivity index (χ0n) is 18.4. The molecule has 0 saturated carbocycles. The van der Waals surface area contributed by atoms with E-state index in [0.717, 1.165) is 49.5 Å². The first-order valence-corrected chi connectivity index (χ1v) is 11.1. The van der Waals surface area contributed by atoms with Crippen molar-refractivity contribution in [1.29, 1.82) is 0 Å². The first-order chi connectivity index (χ1) is 14.6. The highest BCUT2D eigenvalue weighted by Gasteiger charge is 2.26. The summed E-state index contributed by atoms with van der Waals surface area (Å²) in [5, 5.41) is 3.20. The molecule has 0 aliphatic carbocycles. The highest BCUT2D eigenvalue weighted by molar-refractivity contribution is 5.79.